The molecule has 1 fully saturated rings. The van der Waals surface area contributed by atoms with E-state index in [1.807, 2.05) is 60.7 Å². The Morgan fingerprint density at radius 2 is 1.72 bits per heavy atom. The highest BCUT2D eigenvalue weighted by atomic mass is 32.2. The van der Waals surface area contributed by atoms with E-state index in [1.54, 1.807) is 18.2 Å². The molecule has 1 aliphatic rings. The number of nitrogens with one attached hydrogen (secondary N) is 1. The van der Waals surface area contributed by atoms with Gasteiger partial charge in [-0.25, -0.2) is 4.39 Å². The van der Waals surface area contributed by atoms with Gasteiger partial charge in [-0.3, -0.25) is 14.5 Å². The number of thioether (sulfide) groups is 1. The molecule has 1 N–H and O–H groups in total. The summed E-state index contributed by atoms with van der Waals surface area (Å²) in [6.07, 6.45) is 0.143. The Kier molecular flexibility index (Phi) is 7.87. The van der Waals surface area contributed by atoms with E-state index >= 15 is 0 Å². The van der Waals surface area contributed by atoms with Gasteiger partial charge in [-0.15, -0.1) is 0 Å². The molecule has 0 radical (unpaired) electrons. The van der Waals surface area contributed by atoms with Gasteiger partial charge in [-0.1, -0.05) is 86.3 Å². The standard InChI is InChI=1S/C29H26FN3O2S/c1-19(2)21-12-14-23(15-13-21)33-28(35)26(16-22-10-6-7-11-25(22)30)36-29(33)24(17-31)27(34)32-18-20-8-4-3-5-9-20/h3-15,19,26H,16,18H2,1-2H3,(H,32,34)/b29-24-. The molecule has 1 unspecified atom stereocenters. The molecule has 2 amide bonds. The lowest BCUT2D eigenvalue weighted by Gasteiger charge is -2.19. The number of carbonyl (C=O) groups is 2. The Morgan fingerprint density at radius 1 is 1.06 bits per heavy atom. The summed E-state index contributed by atoms with van der Waals surface area (Å²) in [7, 11) is 0. The van der Waals surface area contributed by atoms with Crippen molar-refractivity contribution >= 4 is 29.3 Å². The zero-order chi connectivity index (χ0) is 25.7. The summed E-state index contributed by atoms with van der Waals surface area (Å²) in [5.41, 5.74) is 2.82. The monoisotopic (exact) mass is 499 g/mol. The van der Waals surface area contributed by atoms with Crippen LogP contribution in [-0.2, 0) is 22.6 Å². The number of nitrogens with zero attached hydrogens (tertiary/aromatic N) is 2. The second-order valence-corrected chi connectivity index (χ2v) is 9.97. The maximum Gasteiger partial charge on any atom is 0.264 e. The minimum atomic E-state index is -0.674. The van der Waals surface area contributed by atoms with Crippen LogP contribution in [0.4, 0.5) is 10.1 Å². The normalized spacial score (nSPS) is 16.7. The summed E-state index contributed by atoms with van der Waals surface area (Å²) >= 11 is 1.12. The van der Waals surface area contributed by atoms with Gasteiger partial charge in [0.25, 0.3) is 5.91 Å². The highest BCUT2D eigenvalue weighted by molar-refractivity contribution is 8.05. The summed E-state index contributed by atoms with van der Waals surface area (Å²) < 4.78 is 14.4. The Morgan fingerprint density at radius 3 is 2.36 bits per heavy atom. The quantitative estimate of drug-likeness (QED) is 0.335. The van der Waals surface area contributed by atoms with Crippen molar-refractivity contribution in [1.29, 1.82) is 5.26 Å². The van der Waals surface area contributed by atoms with Crippen LogP contribution in [0.5, 0.6) is 0 Å². The zero-order valence-electron chi connectivity index (χ0n) is 20.1. The molecular formula is C29H26FN3O2S. The molecule has 3 aromatic rings. The third kappa shape index (κ3) is 5.50. The highest BCUT2D eigenvalue weighted by Gasteiger charge is 2.41. The van der Waals surface area contributed by atoms with Gasteiger partial charge in [-0.05, 0) is 47.2 Å². The number of amides is 2. The van der Waals surface area contributed by atoms with Crippen LogP contribution in [0.25, 0.3) is 0 Å². The van der Waals surface area contributed by atoms with Crippen molar-refractivity contribution in [3.63, 3.8) is 0 Å². The Balaban J connectivity index is 1.69. The molecule has 0 saturated carbocycles. The number of nitriles is 1. The van der Waals surface area contributed by atoms with E-state index in [1.165, 1.54) is 11.0 Å². The highest BCUT2D eigenvalue weighted by Crippen LogP contribution is 2.42. The number of rotatable bonds is 7. The SMILES string of the molecule is CC(C)c1ccc(N2C(=O)C(Cc3ccccc3F)S/C2=C(/C#N)C(=O)NCc2ccccc2)cc1. The largest absolute Gasteiger partial charge is 0.347 e. The lowest BCUT2D eigenvalue weighted by Crippen LogP contribution is -2.32. The molecule has 1 aliphatic heterocycles. The molecule has 1 saturated heterocycles. The van der Waals surface area contributed by atoms with Crippen LogP contribution in [0.1, 0.15) is 36.5 Å². The van der Waals surface area contributed by atoms with E-state index in [9.17, 15) is 19.2 Å². The van der Waals surface area contributed by atoms with Gasteiger partial charge < -0.3 is 5.32 Å². The van der Waals surface area contributed by atoms with Crippen molar-refractivity contribution in [1.82, 2.24) is 5.32 Å². The maximum absolute atomic E-state index is 14.4. The predicted molar refractivity (Wildman–Crippen MR) is 140 cm³/mol. The average Bonchev–Trinajstić information content (AvgIpc) is 3.20. The number of hydrogen-bond donors (Lipinski definition) is 1. The molecule has 0 spiro atoms. The van der Waals surface area contributed by atoms with Gasteiger partial charge in [0.15, 0.2) is 0 Å². The van der Waals surface area contributed by atoms with Crippen LogP contribution in [0, 0.1) is 17.1 Å². The maximum atomic E-state index is 14.4. The molecule has 182 valence electrons. The average molecular weight is 500 g/mol. The van der Waals surface area contributed by atoms with Gasteiger partial charge in [0.2, 0.25) is 5.91 Å². The predicted octanol–water partition coefficient (Wildman–Crippen LogP) is 5.69. The van der Waals surface area contributed by atoms with Crippen LogP contribution in [0.2, 0.25) is 0 Å². The molecule has 7 heteroatoms. The van der Waals surface area contributed by atoms with Crippen LogP contribution in [-0.4, -0.2) is 17.1 Å². The van der Waals surface area contributed by atoms with Crippen LogP contribution >= 0.6 is 11.8 Å². The van der Waals surface area contributed by atoms with E-state index in [0.29, 0.717) is 17.2 Å². The summed E-state index contributed by atoms with van der Waals surface area (Å²) in [6.45, 7) is 4.40. The molecule has 1 heterocycles. The van der Waals surface area contributed by atoms with E-state index in [2.05, 4.69) is 19.2 Å². The minimum absolute atomic E-state index is 0.143. The second-order valence-electron chi connectivity index (χ2n) is 8.78. The first-order chi connectivity index (χ1) is 17.4. The molecule has 1 atom stereocenters. The fraction of sp³-hybridized carbons (Fsp3) is 0.207. The third-order valence-electron chi connectivity index (χ3n) is 5.98. The van der Waals surface area contributed by atoms with Gasteiger partial charge in [0.05, 0.1) is 5.25 Å². The second kappa shape index (κ2) is 11.2. The van der Waals surface area contributed by atoms with E-state index in [0.717, 1.165) is 22.9 Å². The van der Waals surface area contributed by atoms with Gasteiger partial charge in [-0.2, -0.15) is 5.26 Å². The van der Waals surface area contributed by atoms with E-state index in [-0.39, 0.29) is 29.5 Å². The number of hydrogen-bond acceptors (Lipinski definition) is 4. The molecule has 5 nitrogen and oxygen atoms in total. The third-order valence-corrected chi connectivity index (χ3v) is 7.25. The van der Waals surface area contributed by atoms with Crippen LogP contribution < -0.4 is 10.2 Å². The minimum Gasteiger partial charge on any atom is -0.347 e. The molecule has 36 heavy (non-hydrogen) atoms. The lowest BCUT2D eigenvalue weighted by molar-refractivity contribution is -0.117. The fourth-order valence-electron chi connectivity index (χ4n) is 3.96. The summed E-state index contributed by atoms with van der Waals surface area (Å²) in [6, 6.07) is 25.2. The van der Waals surface area contributed by atoms with Gasteiger partial charge >= 0.3 is 0 Å². The van der Waals surface area contributed by atoms with Crippen molar-refractivity contribution in [3.05, 3.63) is 112 Å². The number of carbonyl (C=O) groups excluding carboxylic acids is 2. The van der Waals surface area contributed by atoms with Gasteiger partial charge in [0, 0.05) is 12.2 Å². The first-order valence-corrected chi connectivity index (χ1v) is 12.6. The molecular weight excluding hydrogens is 473 g/mol. The first-order valence-electron chi connectivity index (χ1n) is 11.7. The van der Waals surface area contributed by atoms with E-state index in [4.69, 9.17) is 0 Å². The van der Waals surface area contributed by atoms with Crippen molar-refractivity contribution in [2.24, 2.45) is 0 Å². The van der Waals surface area contributed by atoms with Gasteiger partial charge in [0.1, 0.15) is 22.5 Å². The van der Waals surface area contributed by atoms with Crippen molar-refractivity contribution in [2.45, 2.75) is 38.0 Å². The zero-order valence-corrected chi connectivity index (χ0v) is 20.9. The summed E-state index contributed by atoms with van der Waals surface area (Å²) in [4.78, 5) is 28.1. The molecule has 0 aliphatic carbocycles. The van der Waals surface area contributed by atoms with E-state index < -0.39 is 17.0 Å². The van der Waals surface area contributed by atoms with Crippen molar-refractivity contribution in [2.75, 3.05) is 4.90 Å². The fourth-order valence-corrected chi connectivity index (χ4v) is 5.26. The topological polar surface area (TPSA) is 73.2 Å². The smallest absolute Gasteiger partial charge is 0.264 e. The van der Waals surface area contributed by atoms with Crippen LogP contribution in [0.15, 0.2) is 89.5 Å². The number of benzene rings is 3. The lowest BCUT2D eigenvalue weighted by atomic mass is 10.0. The number of halogens is 1. The summed E-state index contributed by atoms with van der Waals surface area (Å²) in [5, 5.41) is 12.3. The van der Waals surface area contributed by atoms with Crippen molar-refractivity contribution < 1.29 is 14.0 Å². The summed E-state index contributed by atoms with van der Waals surface area (Å²) in [5.74, 6) is -0.937. The Labute approximate surface area is 214 Å². The molecule has 0 aromatic heterocycles. The van der Waals surface area contributed by atoms with Crippen LogP contribution in [0.3, 0.4) is 0 Å². The first kappa shape index (κ1) is 25.2. The molecule has 4 rings (SSSR count). The number of anilines is 1. The molecule has 0 bridgehead atoms. The van der Waals surface area contributed by atoms with Crippen molar-refractivity contribution in [3.8, 4) is 6.07 Å². The Bertz CT molecular complexity index is 1330. The molecule has 3 aromatic carbocycles. The Hall–Kier alpha value is -3.89.